The summed E-state index contributed by atoms with van der Waals surface area (Å²) < 4.78 is 134. The number of carbonyl (C=O) groups excluding carboxylic acids is 1. The summed E-state index contributed by atoms with van der Waals surface area (Å²) in [6.07, 6.45) is 6.48. The maximum atomic E-state index is 15.7. The predicted octanol–water partition coefficient (Wildman–Crippen LogP) is 21.4. The minimum absolute atomic E-state index is 0.0601. The van der Waals surface area contributed by atoms with Crippen molar-refractivity contribution in [1.82, 2.24) is 23.7 Å². The lowest BCUT2D eigenvalue weighted by molar-refractivity contribution is -0.144. The molecule has 0 radical (unpaired) electrons. The lowest BCUT2D eigenvalue weighted by Gasteiger charge is -2.37. The number of halogens is 3. The van der Waals surface area contributed by atoms with Crippen molar-refractivity contribution in [3.63, 3.8) is 0 Å². The molecule has 0 aliphatic carbocycles. The molecule has 35 heteroatoms. The third kappa shape index (κ3) is 26.8. The van der Waals surface area contributed by atoms with Crippen LogP contribution in [0.25, 0.3) is 44.8 Å². The quantitative estimate of drug-likeness (QED) is 0.0178. The highest BCUT2D eigenvalue weighted by molar-refractivity contribution is 7.99. The molecule has 12 aromatic rings. The fourth-order valence-electron chi connectivity index (χ4n) is 19.8. The Morgan fingerprint density at radius 3 is 1.22 bits per heavy atom. The van der Waals surface area contributed by atoms with Gasteiger partial charge in [0.25, 0.3) is 26.0 Å². The summed E-state index contributed by atoms with van der Waals surface area (Å²) in [5.41, 5.74) is 14.6. The number of anilines is 8. The van der Waals surface area contributed by atoms with Crippen molar-refractivity contribution in [2.45, 2.75) is 143 Å². The van der Waals surface area contributed by atoms with Gasteiger partial charge in [0.15, 0.2) is 9.84 Å². The first-order chi connectivity index (χ1) is 68.7. The molecule has 762 valence electrons. The first-order valence-electron chi connectivity index (χ1n) is 48.6. The molecule has 144 heavy (non-hydrogen) atoms. The number of piperazine rings is 2. The number of aliphatic carboxylic acids is 2. The second-order valence-corrected chi connectivity index (χ2v) is 48.2. The molecule has 16 rings (SSSR count). The molecule has 10 aromatic carbocycles. The van der Waals surface area contributed by atoms with Gasteiger partial charge < -0.3 is 59.4 Å². The van der Waals surface area contributed by atoms with Crippen LogP contribution in [0, 0.1) is 45.3 Å². The number of carboxylic acids is 2. The number of hydrogen-bond acceptors (Lipinski definition) is 21. The Hall–Kier alpha value is -11.5. The maximum absolute atomic E-state index is 15.7. The number of amides is 1. The topological polar surface area (TPSA) is 318 Å². The van der Waals surface area contributed by atoms with Gasteiger partial charge in [-0.25, -0.2) is 42.8 Å². The summed E-state index contributed by atoms with van der Waals surface area (Å²) in [7, 11) is -15.4. The predicted molar refractivity (Wildman–Crippen MR) is 584 cm³/mol. The number of carboxylic acid groups (broad SMARTS) is 2. The van der Waals surface area contributed by atoms with E-state index < -0.39 is 63.6 Å². The number of benzene rings is 10. The Morgan fingerprint density at radius 2 is 0.819 bits per heavy atom. The van der Waals surface area contributed by atoms with Crippen molar-refractivity contribution >= 4 is 150 Å². The zero-order chi connectivity index (χ0) is 103. The number of nitrogens with zero attached hydrogens (tertiary/aromatic N) is 8. The lowest BCUT2D eigenvalue weighted by atomic mass is 9.96. The van der Waals surface area contributed by atoms with Crippen LogP contribution in [0.1, 0.15) is 111 Å². The largest absolute Gasteiger partial charge is 0.481 e. The molecule has 2 aromatic heterocycles. The molecule has 0 saturated carbocycles. The zero-order valence-corrected chi connectivity index (χ0v) is 89.0. The number of likely N-dealkylation sites (tertiary alicyclic amines) is 2. The molecule has 2 atom stereocenters. The van der Waals surface area contributed by atoms with Gasteiger partial charge in [0.05, 0.1) is 49.7 Å². The van der Waals surface area contributed by atoms with Crippen LogP contribution in [0.3, 0.4) is 0 Å². The van der Waals surface area contributed by atoms with E-state index in [4.69, 9.17) is 23.2 Å². The van der Waals surface area contributed by atoms with E-state index in [1.54, 1.807) is 103 Å². The molecule has 26 nitrogen and oxygen atoms in total. The van der Waals surface area contributed by atoms with E-state index in [-0.39, 0.29) is 56.3 Å². The molecule has 4 fully saturated rings. The number of carbonyl (C=O) groups is 3. The van der Waals surface area contributed by atoms with Crippen LogP contribution in [0.5, 0.6) is 0 Å². The van der Waals surface area contributed by atoms with Crippen LogP contribution in [0.4, 0.5) is 49.9 Å². The molecule has 6 heterocycles. The van der Waals surface area contributed by atoms with Gasteiger partial charge in [-0.2, -0.15) is 0 Å². The molecular formula is C109H126Cl2FN13O13S6. The number of nitrogens with one attached hydrogen (secondary N) is 5. The van der Waals surface area contributed by atoms with Crippen LogP contribution in [-0.2, 0) is 49.5 Å². The number of sulfone groups is 1. The van der Waals surface area contributed by atoms with Gasteiger partial charge in [0, 0.05) is 195 Å². The Bertz CT molecular complexity index is 7040. The van der Waals surface area contributed by atoms with Gasteiger partial charge in [-0.3, -0.25) is 23.8 Å². The Morgan fingerprint density at radius 1 is 0.424 bits per heavy atom. The van der Waals surface area contributed by atoms with E-state index >= 15 is 4.39 Å². The molecule has 1 amide bonds. The van der Waals surface area contributed by atoms with Gasteiger partial charge in [-0.1, -0.05) is 96.0 Å². The van der Waals surface area contributed by atoms with E-state index in [9.17, 15) is 58.3 Å². The normalized spacial score (nSPS) is 15.4. The summed E-state index contributed by atoms with van der Waals surface area (Å²) in [5.74, 6) is -1.55. The number of sulfonamides is 3. The minimum Gasteiger partial charge on any atom is -0.481 e. The summed E-state index contributed by atoms with van der Waals surface area (Å²) in [6.45, 7) is 25.4. The van der Waals surface area contributed by atoms with Crippen LogP contribution >= 0.6 is 46.7 Å². The summed E-state index contributed by atoms with van der Waals surface area (Å²) >= 11 is 16.1. The van der Waals surface area contributed by atoms with E-state index in [0.717, 1.165) is 132 Å². The fraction of sp³-hybridized carbons (Fsp3) is 0.349. The second-order valence-electron chi connectivity index (χ2n) is 38.1. The zero-order valence-electron chi connectivity index (χ0n) is 82.6. The summed E-state index contributed by atoms with van der Waals surface area (Å²) in [6, 6.07) is 72.9. The average molecular weight is 2110 g/mol. The fourth-order valence-corrected chi connectivity index (χ4v) is 25.9. The molecular weight excluding hydrogens is 1980 g/mol. The minimum atomic E-state index is -3.92. The van der Waals surface area contributed by atoms with Crippen molar-refractivity contribution in [3.8, 4) is 44.8 Å². The molecule has 0 bridgehead atoms. The number of rotatable bonds is 37. The van der Waals surface area contributed by atoms with Crippen LogP contribution < -0.4 is 44.4 Å². The Kier molecular flexibility index (Phi) is 34.8. The second kappa shape index (κ2) is 46.9. The summed E-state index contributed by atoms with van der Waals surface area (Å²) in [5, 5.41) is 27.4. The summed E-state index contributed by atoms with van der Waals surface area (Å²) in [4.78, 5) is 53.2. The molecule has 4 saturated heterocycles. The van der Waals surface area contributed by atoms with E-state index in [0.29, 0.717) is 139 Å². The number of hydrogen-bond donors (Lipinski definition) is 7. The van der Waals surface area contributed by atoms with Crippen LogP contribution in [-0.4, -0.2) is 208 Å². The van der Waals surface area contributed by atoms with Gasteiger partial charge >= 0.3 is 11.9 Å². The maximum Gasteiger partial charge on any atom is 0.306 e. The number of aryl methyl sites for hydroxylation is 2. The third-order valence-electron chi connectivity index (χ3n) is 27.1. The van der Waals surface area contributed by atoms with Crippen molar-refractivity contribution in [1.29, 1.82) is 0 Å². The SMILES string of the molecule is Cc1cc(S(=O)(=O)Nc2ccc(N3CCN(c4cc(F)cc(-c5c(S(C)(=O)=O)c(C)n(C(C)C)c5-c5ccc(Cl)cc5)c4)CC3)cc2)ccc1N[C@H](CCN1CCC(C(=O)O)CC1)CSc1ccccc1.Cc1cc(S(=O)(=O)Nc2ccc(N3CCN(c4cccc(-c5c(C(=O)NS(C)(=O)=O)c(C)n(C(C)C)c5-c5ccc(Cl)cc5)c4)CC3)cc2)ccc1N[C@H](CCN1CCC(C(=O)O)CC1)CSc1ccccc1. The molecule has 4 aliphatic heterocycles. The van der Waals surface area contributed by atoms with E-state index in [1.807, 2.05) is 174 Å². The van der Waals surface area contributed by atoms with Gasteiger partial charge in [-0.15, -0.1) is 23.5 Å². The first-order valence-corrected chi connectivity index (χ1v) is 58.1. The molecule has 0 spiro atoms. The van der Waals surface area contributed by atoms with Gasteiger partial charge in [0.2, 0.25) is 10.0 Å². The molecule has 7 N–H and O–H groups in total. The highest BCUT2D eigenvalue weighted by Gasteiger charge is 2.36. The smallest absolute Gasteiger partial charge is 0.306 e. The standard InChI is InChI=1S/C55H64ClN7O7S3.C54H62ClFN6O6S3/c1-37(2)63-39(4)51(54(64)59-72(5,67)68)52(53(63)40-14-16-43(56)17-15-40)42-10-9-11-47(35-42)62-32-30-61(31-33-62)46-20-18-44(19-21-46)58-73(69,70)49-22-23-50(38(3)34-49)57-45(36-71-48-12-7-6-8-13-48)26-29-60-27-24-41(25-28-60)55(65)66;1-36(2)62-38(4)53(70(5,65)66)51(52(62)39-11-13-42(55)14-12-39)41-32-43(56)34-47(33-41)61-29-27-60(28-30-61)46-17-15-44(16-18-46)58-71(67,68)49-19-20-50(37(3)31-49)57-45(35-69-48-9-7-6-8-10-48)23-26-59-24-21-40(22-25-59)54(63)64/h6-23,34-35,37,41,45,57-58H,24-33,36H2,1-5H3,(H,59,64)(H,65,66);6-20,31-34,36,40,45,57-58H,21-30,35H2,1-5H3,(H,63,64)/t2*45-/m11/s1. The number of piperidine rings is 2. The van der Waals surface area contributed by atoms with Crippen molar-refractivity contribution in [3.05, 3.63) is 281 Å². The van der Waals surface area contributed by atoms with Gasteiger partial charge in [-0.05, 0) is 317 Å². The van der Waals surface area contributed by atoms with E-state index in [1.165, 1.54) is 28.2 Å². The van der Waals surface area contributed by atoms with Crippen LogP contribution in [0.2, 0.25) is 10.0 Å². The molecule has 0 unspecified atom stereocenters. The lowest BCUT2D eigenvalue weighted by Crippen LogP contribution is -2.46. The molecule has 4 aliphatic rings. The van der Waals surface area contributed by atoms with Crippen molar-refractivity contribution in [2.24, 2.45) is 11.8 Å². The van der Waals surface area contributed by atoms with E-state index in [2.05, 4.69) is 89.1 Å². The third-order valence-corrected chi connectivity index (χ3v) is 34.5. The van der Waals surface area contributed by atoms with Crippen LogP contribution in [0.15, 0.2) is 261 Å². The van der Waals surface area contributed by atoms with Crippen molar-refractivity contribution < 1.29 is 62.7 Å². The highest BCUT2D eigenvalue weighted by Crippen LogP contribution is 2.47. The Labute approximate surface area is 864 Å². The van der Waals surface area contributed by atoms with Gasteiger partial charge in [0.1, 0.15) is 5.82 Å². The average Bonchev–Trinajstić information content (AvgIpc) is 1.58. The Balaban J connectivity index is 0.000000217. The first kappa shape index (κ1) is 107. The number of aromatic nitrogens is 2. The monoisotopic (exact) mass is 2110 g/mol. The highest BCUT2D eigenvalue weighted by atomic mass is 35.5. The van der Waals surface area contributed by atoms with Crippen molar-refractivity contribution in [2.75, 3.05) is 155 Å². The number of thioether (sulfide) groups is 2.